The number of rotatable bonds is 15. The normalized spacial score (nSPS) is 10.9. The molecule has 0 aromatic heterocycles. The van der Waals surface area contributed by atoms with E-state index in [-0.39, 0.29) is 17.5 Å². The van der Waals surface area contributed by atoms with E-state index in [1.54, 1.807) is 36.4 Å². The van der Waals surface area contributed by atoms with Gasteiger partial charge in [0.25, 0.3) is 0 Å². The fourth-order valence-electron chi connectivity index (χ4n) is 12.5. The Kier molecular flexibility index (Phi) is 28.7. The topological polar surface area (TPSA) is 0 Å². The number of hydrogen-bond acceptors (Lipinski definition) is 0. The zero-order valence-corrected chi connectivity index (χ0v) is 66.7. The van der Waals surface area contributed by atoms with Gasteiger partial charge in [-0.2, -0.15) is 0 Å². The van der Waals surface area contributed by atoms with E-state index in [0.29, 0.717) is 0 Å². The van der Waals surface area contributed by atoms with Crippen molar-refractivity contribution in [3.05, 3.63) is 450 Å². The van der Waals surface area contributed by atoms with Crippen LogP contribution >= 0.6 is 39.6 Å². The molecule has 0 atom stereocenters. The van der Waals surface area contributed by atoms with Crippen molar-refractivity contribution in [2.75, 3.05) is 0 Å². The lowest BCUT2D eigenvalue weighted by Gasteiger charge is -2.24. The molecule has 0 bridgehead atoms. The zero-order valence-electron chi connectivity index (χ0n) is 62.2. The predicted octanol–water partition coefficient (Wildman–Crippen LogP) is 20.4. The number of aryl methyl sites for hydroxylation is 9. The van der Waals surface area contributed by atoms with Crippen LogP contribution < -0.4 is 79.6 Å². The fourth-order valence-corrected chi connectivity index (χ4v) is 24.6. The largest absolute Gasteiger partial charge is 0.207 e. The Bertz CT molecular complexity index is 4570. The SMILES string of the molecule is Cc1ccc(P(c2ccc(C)cc2)c2ccc(C)cc2)cc1.Cc1cccc(P(c2cccc(C)c2)c2cccc(C)c2)c1.Cc1ccccc1P(c1ccccc1C)c1ccccc1C.Fc1ccc(P(c2ccc(F)cc2)c2ccc(F)cc2)cc1.c1ccc(P(c2ccccc2)c2ccccc2)cc1. The quantitative estimate of drug-likeness (QED) is 0.0898. The number of halogens is 3. The molecule has 0 fully saturated rings. The van der Waals surface area contributed by atoms with Crippen molar-refractivity contribution < 1.29 is 13.2 Å². The Labute approximate surface area is 640 Å². The molecule has 0 radical (unpaired) electrons. The van der Waals surface area contributed by atoms with Gasteiger partial charge < -0.3 is 0 Å². The van der Waals surface area contributed by atoms with Gasteiger partial charge in [-0.25, -0.2) is 13.2 Å². The van der Waals surface area contributed by atoms with Gasteiger partial charge >= 0.3 is 0 Å². The van der Waals surface area contributed by atoms with Crippen molar-refractivity contribution in [2.45, 2.75) is 62.3 Å². The first kappa shape index (κ1) is 78.3. The lowest BCUT2D eigenvalue weighted by Crippen LogP contribution is -2.25. The lowest BCUT2D eigenvalue weighted by molar-refractivity contribution is 0.628. The van der Waals surface area contributed by atoms with Gasteiger partial charge in [-0.05, 0) is 235 Å². The number of hydrogen-bond donors (Lipinski definition) is 0. The third-order valence-corrected chi connectivity index (χ3v) is 30.7. The Morgan fingerprint density at radius 3 is 0.561 bits per heavy atom. The molecule has 0 saturated carbocycles. The van der Waals surface area contributed by atoms with Gasteiger partial charge in [0.05, 0.1) is 0 Å². The van der Waals surface area contributed by atoms with E-state index in [0.717, 1.165) is 15.9 Å². The molecule has 0 nitrogen and oxygen atoms in total. The zero-order chi connectivity index (χ0) is 75.0. The molecular formula is C99H90F3P5. The van der Waals surface area contributed by atoms with Crippen LogP contribution in [0.25, 0.3) is 0 Å². The van der Waals surface area contributed by atoms with Crippen LogP contribution in [0.1, 0.15) is 50.1 Å². The summed E-state index contributed by atoms with van der Waals surface area (Å²) in [5, 5.41) is 19.8. The minimum Gasteiger partial charge on any atom is -0.207 e. The third kappa shape index (κ3) is 22.0. The second-order valence-electron chi connectivity index (χ2n) is 26.5. The highest BCUT2D eigenvalue weighted by Crippen LogP contribution is 2.39. The van der Waals surface area contributed by atoms with Gasteiger partial charge in [-0.1, -0.05) is 379 Å². The molecular weight excluding hydrogens is 1400 g/mol. The van der Waals surface area contributed by atoms with E-state index < -0.39 is 39.6 Å². The van der Waals surface area contributed by atoms with Crippen molar-refractivity contribution in [3.8, 4) is 0 Å². The van der Waals surface area contributed by atoms with E-state index in [2.05, 4.69) is 372 Å². The summed E-state index contributed by atoms with van der Waals surface area (Å²) in [4.78, 5) is 0. The molecule has 15 rings (SSSR count). The Morgan fingerprint density at radius 1 is 0.150 bits per heavy atom. The Hall–Kier alpha value is -9.76. The summed E-state index contributed by atoms with van der Waals surface area (Å²) in [6.07, 6.45) is 0. The minimum atomic E-state index is -0.983. The molecule has 0 aliphatic rings. The van der Waals surface area contributed by atoms with Crippen molar-refractivity contribution in [2.24, 2.45) is 0 Å². The maximum absolute atomic E-state index is 13.2. The van der Waals surface area contributed by atoms with Gasteiger partial charge in [0, 0.05) is 0 Å². The molecule has 107 heavy (non-hydrogen) atoms. The molecule has 0 saturated heterocycles. The molecule has 15 aromatic carbocycles. The van der Waals surface area contributed by atoms with Gasteiger partial charge in [0.1, 0.15) is 17.5 Å². The van der Waals surface area contributed by atoms with Crippen LogP contribution in [0.5, 0.6) is 0 Å². The molecule has 8 heteroatoms. The van der Waals surface area contributed by atoms with E-state index in [1.165, 1.54) is 150 Å². The smallest absolute Gasteiger partial charge is 0.123 e. The lowest BCUT2D eigenvalue weighted by atomic mass is 10.2. The highest BCUT2D eigenvalue weighted by molar-refractivity contribution is 7.81. The standard InChI is InChI=1S/3C21H21P.C18H12F3P.C18H15P/c1-16-4-10-19(11-5-16)22(20-12-6-17(2)7-13-20)21-14-8-18(3)9-15-21;1-16-7-4-10-19(13-16)22(20-11-5-8-17(2)14-20)21-12-6-9-18(3)15-21;1-16-10-4-7-13-19(16)22(20-14-8-5-11-17(20)2)21-15-9-6-12-18(21)3;19-13-1-7-16(8-2-13)22(17-9-3-14(20)4-10-17)18-11-5-15(21)6-12-18;1-4-10-16(11-5-1)19(17-12-6-2-7-13-17)18-14-8-3-9-15-18/h3*4-15H,1-3H3;1-12H;1-15H. The minimum absolute atomic E-state index is 0.308. The molecule has 532 valence electrons. The van der Waals surface area contributed by atoms with Crippen LogP contribution in [-0.4, -0.2) is 0 Å². The fraction of sp³-hybridized carbons (Fsp3) is 0.0909. The summed E-state index contributed by atoms with van der Waals surface area (Å²) in [6, 6.07) is 131. The summed E-state index contributed by atoms with van der Waals surface area (Å²) in [6.45, 7) is 19.6. The first-order valence-electron chi connectivity index (χ1n) is 36.0. The van der Waals surface area contributed by atoms with E-state index in [4.69, 9.17) is 0 Å². The van der Waals surface area contributed by atoms with Crippen LogP contribution in [0.3, 0.4) is 0 Å². The number of benzene rings is 15. The predicted molar refractivity (Wildman–Crippen MR) is 468 cm³/mol. The molecule has 0 N–H and O–H groups in total. The van der Waals surface area contributed by atoms with Crippen LogP contribution in [-0.2, 0) is 0 Å². The van der Waals surface area contributed by atoms with Crippen molar-refractivity contribution >= 4 is 119 Å². The molecule has 15 aromatic rings. The van der Waals surface area contributed by atoms with Crippen LogP contribution in [0.2, 0.25) is 0 Å². The van der Waals surface area contributed by atoms with Gasteiger partial charge in [-0.15, -0.1) is 0 Å². The summed E-state index contributed by atoms with van der Waals surface area (Å²) in [7, 11) is -2.92. The molecule has 0 spiro atoms. The molecule has 0 unspecified atom stereocenters. The second-order valence-corrected chi connectivity index (χ2v) is 37.5. The first-order chi connectivity index (χ1) is 52.0. The van der Waals surface area contributed by atoms with Crippen LogP contribution in [0.4, 0.5) is 13.2 Å². The molecule has 0 aliphatic heterocycles. The van der Waals surface area contributed by atoms with Crippen LogP contribution in [0.15, 0.2) is 382 Å². The maximum atomic E-state index is 13.2. The first-order valence-corrected chi connectivity index (χ1v) is 42.7. The highest BCUT2D eigenvalue weighted by atomic mass is 31.1. The average molecular weight is 1490 g/mol. The summed E-state index contributed by atoms with van der Waals surface area (Å²) >= 11 is 0. The second kappa shape index (κ2) is 39.2. The van der Waals surface area contributed by atoms with Gasteiger partial charge in [0.15, 0.2) is 0 Å². The van der Waals surface area contributed by atoms with E-state index in [1.807, 2.05) is 0 Å². The summed E-state index contributed by atoms with van der Waals surface area (Å²) < 4.78 is 39.5. The average Bonchev–Trinajstić information content (AvgIpc) is 0.822. The monoisotopic (exact) mass is 1490 g/mol. The maximum Gasteiger partial charge on any atom is 0.123 e. The molecule has 0 heterocycles. The Balaban J connectivity index is 0.000000133. The van der Waals surface area contributed by atoms with E-state index >= 15 is 0 Å². The summed E-state index contributed by atoms with van der Waals surface area (Å²) in [5.74, 6) is -0.925. The summed E-state index contributed by atoms with van der Waals surface area (Å²) in [5.41, 5.74) is 12.0. The van der Waals surface area contributed by atoms with Crippen molar-refractivity contribution in [1.82, 2.24) is 0 Å². The van der Waals surface area contributed by atoms with Crippen LogP contribution in [0, 0.1) is 79.8 Å². The van der Waals surface area contributed by atoms with Gasteiger partial charge in [-0.3, -0.25) is 0 Å². The van der Waals surface area contributed by atoms with Crippen molar-refractivity contribution in [3.63, 3.8) is 0 Å². The Morgan fingerprint density at radius 2 is 0.336 bits per heavy atom. The highest BCUT2D eigenvalue weighted by Gasteiger charge is 2.23. The third-order valence-electron chi connectivity index (χ3n) is 18.0. The van der Waals surface area contributed by atoms with Crippen molar-refractivity contribution in [1.29, 1.82) is 0 Å². The van der Waals surface area contributed by atoms with Gasteiger partial charge in [0.2, 0.25) is 0 Å². The molecule has 0 aliphatic carbocycles. The van der Waals surface area contributed by atoms with E-state index in [9.17, 15) is 13.2 Å². The molecule has 0 amide bonds.